The topological polar surface area (TPSA) is 58.6 Å². The Kier molecular flexibility index (Phi) is 6.98. The number of sulfonamides is 1. The number of ether oxygens (including phenoxy) is 1. The molecule has 120 valence electrons. The molecule has 0 unspecified atom stereocenters. The van der Waals surface area contributed by atoms with E-state index < -0.39 is 10.0 Å². The molecule has 0 atom stereocenters. The smallest absolute Gasteiger partial charge is 0.234 e. The third-order valence-electron chi connectivity index (χ3n) is 3.22. The van der Waals surface area contributed by atoms with Crippen LogP contribution in [0.5, 0.6) is 5.75 Å². The van der Waals surface area contributed by atoms with Gasteiger partial charge in [-0.05, 0) is 31.5 Å². The van der Waals surface area contributed by atoms with Crippen molar-refractivity contribution in [1.29, 1.82) is 0 Å². The van der Waals surface area contributed by atoms with Gasteiger partial charge < -0.3 is 10.1 Å². The molecule has 6 heteroatoms. The number of nitrogens with zero attached hydrogens (tertiary/aromatic N) is 1. The minimum Gasteiger partial charge on any atom is -0.497 e. The predicted molar refractivity (Wildman–Crippen MR) is 87.6 cm³/mol. The molecule has 1 aromatic rings. The molecule has 5 nitrogen and oxygen atoms in total. The molecule has 1 aromatic carbocycles. The van der Waals surface area contributed by atoms with E-state index in [2.05, 4.69) is 19.2 Å². The Hall–Kier alpha value is -1.27. The van der Waals surface area contributed by atoms with Gasteiger partial charge in [0.1, 0.15) is 5.75 Å². The Labute approximate surface area is 128 Å². The van der Waals surface area contributed by atoms with Gasteiger partial charge in [0.2, 0.25) is 10.0 Å². The van der Waals surface area contributed by atoms with Gasteiger partial charge in [0.15, 0.2) is 0 Å². The molecule has 0 spiro atoms. The zero-order valence-corrected chi connectivity index (χ0v) is 14.1. The molecule has 0 amide bonds. The van der Waals surface area contributed by atoms with E-state index >= 15 is 0 Å². The van der Waals surface area contributed by atoms with E-state index in [0.717, 1.165) is 13.0 Å². The second-order valence-corrected chi connectivity index (χ2v) is 7.42. The number of nitrogens with one attached hydrogen (secondary N) is 1. The van der Waals surface area contributed by atoms with Gasteiger partial charge >= 0.3 is 0 Å². The molecule has 0 aliphatic carbocycles. The van der Waals surface area contributed by atoms with Crippen LogP contribution in [0.4, 0.5) is 5.69 Å². The average Bonchev–Trinajstić information content (AvgIpc) is 2.45. The Morgan fingerprint density at radius 2 is 2.00 bits per heavy atom. The van der Waals surface area contributed by atoms with Crippen LogP contribution < -0.4 is 14.4 Å². The molecule has 0 fully saturated rings. The second-order valence-electron chi connectivity index (χ2n) is 5.30. The maximum Gasteiger partial charge on any atom is 0.234 e. The van der Waals surface area contributed by atoms with Gasteiger partial charge in [-0.15, -0.1) is 0 Å². The second kappa shape index (κ2) is 8.24. The number of rotatable bonds is 9. The van der Waals surface area contributed by atoms with Crippen LogP contribution in [-0.4, -0.2) is 40.9 Å². The molecule has 1 N–H and O–H groups in total. The molecule has 0 saturated heterocycles. The predicted octanol–water partition coefficient (Wildman–Crippen LogP) is 2.24. The normalized spacial score (nSPS) is 11.7. The maximum atomic E-state index is 12.3. The van der Waals surface area contributed by atoms with Gasteiger partial charge in [-0.25, -0.2) is 8.42 Å². The highest BCUT2D eigenvalue weighted by Crippen LogP contribution is 2.22. The van der Waals surface area contributed by atoms with Crippen molar-refractivity contribution in [3.63, 3.8) is 0 Å². The van der Waals surface area contributed by atoms with Crippen LogP contribution in [0, 0.1) is 0 Å². The van der Waals surface area contributed by atoms with Crippen LogP contribution in [0.3, 0.4) is 0 Å². The van der Waals surface area contributed by atoms with Crippen molar-refractivity contribution in [2.45, 2.75) is 32.7 Å². The first kappa shape index (κ1) is 17.8. The van der Waals surface area contributed by atoms with Gasteiger partial charge in [-0.3, -0.25) is 4.31 Å². The van der Waals surface area contributed by atoms with Crippen molar-refractivity contribution < 1.29 is 13.2 Å². The lowest BCUT2D eigenvalue weighted by Crippen LogP contribution is -2.30. The fourth-order valence-corrected chi connectivity index (χ4v) is 3.18. The summed E-state index contributed by atoms with van der Waals surface area (Å²) in [6.07, 6.45) is 1.50. The van der Waals surface area contributed by atoms with Crippen molar-refractivity contribution in [1.82, 2.24) is 5.32 Å². The molecular weight excluding hydrogens is 288 g/mol. The molecule has 0 heterocycles. The van der Waals surface area contributed by atoms with E-state index in [4.69, 9.17) is 4.74 Å². The summed E-state index contributed by atoms with van der Waals surface area (Å²) in [6, 6.07) is 7.49. The minimum absolute atomic E-state index is 0.153. The van der Waals surface area contributed by atoms with Crippen LogP contribution in [-0.2, 0) is 10.0 Å². The van der Waals surface area contributed by atoms with Crippen molar-refractivity contribution in [2.75, 3.05) is 30.8 Å². The van der Waals surface area contributed by atoms with Gasteiger partial charge in [0.05, 0.1) is 18.6 Å². The quantitative estimate of drug-likeness (QED) is 0.710. The van der Waals surface area contributed by atoms with Crippen molar-refractivity contribution in [3.8, 4) is 5.75 Å². The summed E-state index contributed by atoms with van der Waals surface area (Å²) in [4.78, 5) is 0. The molecule has 1 rings (SSSR count). The van der Waals surface area contributed by atoms with Gasteiger partial charge in [-0.2, -0.15) is 0 Å². The molecule has 0 radical (unpaired) electrons. The lowest BCUT2D eigenvalue weighted by Gasteiger charge is -2.20. The number of anilines is 1. The van der Waals surface area contributed by atoms with E-state index in [-0.39, 0.29) is 5.75 Å². The molecule has 0 bridgehead atoms. The number of hydrogen-bond acceptors (Lipinski definition) is 4. The zero-order valence-electron chi connectivity index (χ0n) is 13.3. The van der Waals surface area contributed by atoms with E-state index in [0.29, 0.717) is 23.9 Å². The van der Waals surface area contributed by atoms with Crippen molar-refractivity contribution in [3.05, 3.63) is 24.3 Å². The zero-order chi connectivity index (χ0) is 15.9. The van der Waals surface area contributed by atoms with E-state index in [1.165, 1.54) is 4.31 Å². The van der Waals surface area contributed by atoms with E-state index in [1.54, 1.807) is 38.4 Å². The van der Waals surface area contributed by atoms with Crippen LogP contribution >= 0.6 is 0 Å². The van der Waals surface area contributed by atoms with E-state index in [9.17, 15) is 8.42 Å². The van der Waals surface area contributed by atoms with Crippen LogP contribution in [0.2, 0.25) is 0 Å². The van der Waals surface area contributed by atoms with Crippen molar-refractivity contribution in [2.24, 2.45) is 0 Å². The van der Waals surface area contributed by atoms with Gasteiger partial charge in [0, 0.05) is 19.2 Å². The lowest BCUT2D eigenvalue weighted by molar-refractivity contribution is 0.415. The summed E-state index contributed by atoms with van der Waals surface area (Å²) in [7, 11) is -0.144. The average molecular weight is 314 g/mol. The summed E-state index contributed by atoms with van der Waals surface area (Å²) < 4.78 is 31.0. The Morgan fingerprint density at radius 3 is 2.62 bits per heavy atom. The van der Waals surface area contributed by atoms with Crippen LogP contribution in [0.15, 0.2) is 24.3 Å². The Balaban J connectivity index is 2.56. The summed E-state index contributed by atoms with van der Waals surface area (Å²) in [5.41, 5.74) is 0.620. The number of methoxy groups -OCH3 is 1. The first-order valence-electron chi connectivity index (χ1n) is 7.21. The summed E-state index contributed by atoms with van der Waals surface area (Å²) in [5, 5.41) is 3.28. The monoisotopic (exact) mass is 314 g/mol. The van der Waals surface area contributed by atoms with Gasteiger partial charge in [-0.1, -0.05) is 19.9 Å². The molecule has 0 aliphatic rings. The first-order valence-corrected chi connectivity index (χ1v) is 8.82. The number of benzene rings is 1. The van der Waals surface area contributed by atoms with Crippen LogP contribution in [0.25, 0.3) is 0 Å². The molecular formula is C15H26N2O3S. The molecule has 0 aliphatic heterocycles. The van der Waals surface area contributed by atoms with Crippen molar-refractivity contribution >= 4 is 15.7 Å². The third kappa shape index (κ3) is 5.93. The summed E-state index contributed by atoms with van der Waals surface area (Å²) in [6.45, 7) is 5.00. The highest BCUT2D eigenvalue weighted by Gasteiger charge is 2.18. The largest absolute Gasteiger partial charge is 0.497 e. The summed E-state index contributed by atoms with van der Waals surface area (Å²) >= 11 is 0. The minimum atomic E-state index is -3.29. The standard InChI is InChI=1S/C15H26N2O3S/c1-13(2)16-10-5-6-11-21(18,19)17(3)14-8-7-9-15(12-14)20-4/h7-9,12-13,16H,5-6,10-11H2,1-4H3. The van der Waals surface area contributed by atoms with Gasteiger partial charge in [0.25, 0.3) is 0 Å². The Morgan fingerprint density at radius 1 is 1.29 bits per heavy atom. The number of hydrogen-bond donors (Lipinski definition) is 1. The highest BCUT2D eigenvalue weighted by molar-refractivity contribution is 7.92. The lowest BCUT2D eigenvalue weighted by atomic mass is 10.3. The Bertz CT molecular complexity index is 529. The molecule has 0 saturated carbocycles. The summed E-state index contributed by atoms with van der Waals surface area (Å²) in [5.74, 6) is 0.802. The highest BCUT2D eigenvalue weighted by atomic mass is 32.2. The number of unbranched alkanes of at least 4 members (excludes halogenated alkanes) is 1. The fraction of sp³-hybridized carbons (Fsp3) is 0.600. The third-order valence-corrected chi connectivity index (χ3v) is 5.07. The first-order chi connectivity index (χ1) is 9.86. The van der Waals surface area contributed by atoms with Crippen LogP contribution in [0.1, 0.15) is 26.7 Å². The fourth-order valence-electron chi connectivity index (χ4n) is 1.90. The molecule has 21 heavy (non-hydrogen) atoms. The van der Waals surface area contributed by atoms with E-state index in [1.807, 2.05) is 0 Å². The maximum absolute atomic E-state index is 12.3. The SMILES string of the molecule is COc1cccc(N(C)S(=O)(=O)CCCCNC(C)C)c1. The molecule has 0 aromatic heterocycles.